The second kappa shape index (κ2) is 33.1. The van der Waals surface area contributed by atoms with Crippen molar-refractivity contribution in [3.63, 3.8) is 0 Å². The quantitative estimate of drug-likeness (QED) is 0.408. The van der Waals surface area contributed by atoms with Crippen LogP contribution in [0.4, 0.5) is 0 Å². The molecule has 0 aromatic rings. The fourth-order valence-corrected chi connectivity index (χ4v) is 0.500. The summed E-state index contributed by atoms with van der Waals surface area (Å²) in [6, 6.07) is 0. The van der Waals surface area contributed by atoms with E-state index in [0.717, 1.165) is 0 Å². The molecule has 0 radical (unpaired) electrons. The molecule has 0 aromatic carbocycles. The Balaban J connectivity index is -0.000000109. The Morgan fingerprint density at radius 2 is 1.18 bits per heavy atom. The number of allylic oxidation sites excluding steroid dienone is 1. The molecule has 11 heavy (non-hydrogen) atoms. The molecule has 0 unspecified atom stereocenters. The van der Waals surface area contributed by atoms with Gasteiger partial charge in [0, 0.05) is 0 Å². The molecule has 0 saturated heterocycles. The minimum Gasteiger partial charge on any atom is -0.103 e. The fraction of sp³-hybridized carbons (Fsp3) is 0.818. The number of hydrogen-bond acceptors (Lipinski definition) is 0. The van der Waals surface area contributed by atoms with E-state index in [0.29, 0.717) is 0 Å². The van der Waals surface area contributed by atoms with Crippen molar-refractivity contribution in [1.29, 1.82) is 0 Å². The van der Waals surface area contributed by atoms with E-state index in [1.54, 1.807) is 6.08 Å². The number of rotatable bonds is 3. The molecular formula is C11H26. The van der Waals surface area contributed by atoms with Gasteiger partial charge in [0.25, 0.3) is 0 Å². The Morgan fingerprint density at radius 1 is 1.00 bits per heavy atom. The van der Waals surface area contributed by atoms with Crippen LogP contribution >= 0.6 is 0 Å². The van der Waals surface area contributed by atoms with Crippen LogP contribution in [0.2, 0.25) is 0 Å². The van der Waals surface area contributed by atoms with Crippen LogP contribution in [0.15, 0.2) is 12.7 Å². The maximum Gasteiger partial charge on any atom is -0.0473 e. The van der Waals surface area contributed by atoms with Gasteiger partial charge in [-0.05, 0) is 6.92 Å². The summed E-state index contributed by atoms with van der Waals surface area (Å²) in [6.45, 7) is 13.7. The lowest BCUT2D eigenvalue weighted by atomic mass is 10.2. The third-order valence-electron chi connectivity index (χ3n) is 0.957. The monoisotopic (exact) mass is 158 g/mol. The summed E-state index contributed by atoms with van der Waals surface area (Å²) in [5, 5.41) is 0. The zero-order chi connectivity index (χ0) is 9.54. The van der Waals surface area contributed by atoms with Crippen LogP contribution in [0.1, 0.15) is 60.3 Å². The molecule has 0 atom stereocenters. The van der Waals surface area contributed by atoms with Gasteiger partial charge in [-0.25, -0.2) is 0 Å². The van der Waals surface area contributed by atoms with Gasteiger partial charge in [0.05, 0.1) is 0 Å². The van der Waals surface area contributed by atoms with Crippen LogP contribution in [0, 0.1) is 0 Å². The van der Waals surface area contributed by atoms with Crippen molar-refractivity contribution in [2.45, 2.75) is 60.3 Å². The van der Waals surface area contributed by atoms with E-state index in [4.69, 9.17) is 0 Å². The van der Waals surface area contributed by atoms with Crippen molar-refractivity contribution in [2.75, 3.05) is 0 Å². The molecule has 0 heterocycles. The topological polar surface area (TPSA) is 0 Å². The molecule has 0 aliphatic carbocycles. The van der Waals surface area contributed by atoms with E-state index in [1.165, 1.54) is 25.7 Å². The predicted octanol–water partition coefficient (Wildman–Crippen LogP) is 4.81. The second-order valence-electron chi connectivity index (χ2n) is 2.12. The van der Waals surface area contributed by atoms with E-state index in [2.05, 4.69) is 20.4 Å². The van der Waals surface area contributed by atoms with Crippen LogP contribution in [0.5, 0.6) is 0 Å². The first-order valence-electron chi connectivity index (χ1n) is 4.90. The molecule has 0 fully saturated rings. The molecule has 0 heteroatoms. The summed E-state index contributed by atoms with van der Waals surface area (Å²) in [5.74, 6) is 0. The van der Waals surface area contributed by atoms with Crippen LogP contribution < -0.4 is 0 Å². The van der Waals surface area contributed by atoms with E-state index < -0.39 is 0 Å². The zero-order valence-electron chi connectivity index (χ0n) is 9.11. The van der Waals surface area contributed by atoms with Gasteiger partial charge >= 0.3 is 0 Å². The second-order valence-corrected chi connectivity index (χ2v) is 2.12. The lowest BCUT2D eigenvalue weighted by Crippen LogP contribution is -1.66. The largest absolute Gasteiger partial charge is 0.103 e. The summed E-state index contributed by atoms with van der Waals surface area (Å²) < 4.78 is 0. The Hall–Kier alpha value is -0.260. The average molecular weight is 158 g/mol. The van der Waals surface area contributed by atoms with Gasteiger partial charge in [0.1, 0.15) is 0 Å². The van der Waals surface area contributed by atoms with Crippen molar-refractivity contribution >= 4 is 0 Å². The highest BCUT2D eigenvalue weighted by Crippen LogP contribution is 1.95. The Labute approximate surface area is 73.7 Å². The first-order valence-corrected chi connectivity index (χ1v) is 4.90. The van der Waals surface area contributed by atoms with Crippen molar-refractivity contribution in [3.8, 4) is 0 Å². The van der Waals surface area contributed by atoms with Gasteiger partial charge in [-0.3, -0.25) is 0 Å². The molecule has 0 aliphatic rings. The van der Waals surface area contributed by atoms with Crippen LogP contribution in [-0.4, -0.2) is 0 Å². The van der Waals surface area contributed by atoms with Crippen molar-refractivity contribution in [3.05, 3.63) is 12.7 Å². The summed E-state index contributed by atoms with van der Waals surface area (Å²) >= 11 is 0. The summed E-state index contributed by atoms with van der Waals surface area (Å²) in [5.41, 5.74) is 0. The molecule has 0 rings (SSSR count). The maximum absolute atomic E-state index is 3.36. The molecule has 0 aliphatic heterocycles. The molecule has 0 aromatic heterocycles. The summed E-state index contributed by atoms with van der Waals surface area (Å²) in [4.78, 5) is 0. The average Bonchev–Trinajstić information content (AvgIpc) is 2.06. The third-order valence-corrected chi connectivity index (χ3v) is 0.957. The van der Waals surface area contributed by atoms with Gasteiger partial charge in [-0.2, -0.15) is 0 Å². The SMILES string of the molecule is C=CC.CC.CCCCCC. The smallest absolute Gasteiger partial charge is 0.0473 e. The van der Waals surface area contributed by atoms with Gasteiger partial charge < -0.3 is 0 Å². The van der Waals surface area contributed by atoms with Crippen molar-refractivity contribution in [2.24, 2.45) is 0 Å². The number of hydrogen-bond donors (Lipinski definition) is 0. The normalized spacial score (nSPS) is 6.64. The minimum absolute atomic E-state index is 1.36. The van der Waals surface area contributed by atoms with Crippen LogP contribution in [0.3, 0.4) is 0 Å². The van der Waals surface area contributed by atoms with Gasteiger partial charge in [0.15, 0.2) is 0 Å². The first kappa shape index (κ1) is 17.0. The predicted molar refractivity (Wildman–Crippen MR) is 57.0 cm³/mol. The lowest BCUT2D eigenvalue weighted by molar-refractivity contribution is 0.702. The maximum atomic E-state index is 3.36. The van der Waals surface area contributed by atoms with Crippen molar-refractivity contribution < 1.29 is 0 Å². The highest BCUT2D eigenvalue weighted by atomic mass is 13.8. The van der Waals surface area contributed by atoms with E-state index >= 15 is 0 Å². The molecule has 0 nitrogen and oxygen atoms in total. The molecule has 0 amide bonds. The number of unbranched alkanes of at least 4 members (excludes halogenated alkanes) is 3. The minimum atomic E-state index is 1.36. The molecular weight excluding hydrogens is 132 g/mol. The Morgan fingerprint density at radius 3 is 1.27 bits per heavy atom. The molecule has 0 N–H and O–H groups in total. The van der Waals surface area contributed by atoms with Crippen LogP contribution in [-0.2, 0) is 0 Å². The van der Waals surface area contributed by atoms with E-state index in [1.807, 2.05) is 20.8 Å². The Kier molecular flexibility index (Phi) is 51.2. The van der Waals surface area contributed by atoms with Crippen molar-refractivity contribution in [1.82, 2.24) is 0 Å². The molecule has 0 bridgehead atoms. The highest BCUT2D eigenvalue weighted by molar-refractivity contribution is 4.51. The third kappa shape index (κ3) is 77.7. The van der Waals surface area contributed by atoms with Gasteiger partial charge in [-0.1, -0.05) is 59.5 Å². The standard InChI is InChI=1S/C6H14.C3H6.C2H6/c1-3-5-6-4-2;1-3-2;1-2/h3-6H2,1-2H3;3H,1H2,2H3;1-2H3. The molecule has 0 spiro atoms. The van der Waals surface area contributed by atoms with Crippen LogP contribution in [0.25, 0.3) is 0 Å². The molecule has 70 valence electrons. The van der Waals surface area contributed by atoms with E-state index in [9.17, 15) is 0 Å². The van der Waals surface area contributed by atoms with E-state index in [-0.39, 0.29) is 0 Å². The zero-order valence-corrected chi connectivity index (χ0v) is 9.11. The first-order chi connectivity index (χ1) is 5.33. The highest BCUT2D eigenvalue weighted by Gasteiger charge is 1.75. The lowest BCUT2D eigenvalue weighted by Gasteiger charge is -1.86. The molecule has 0 saturated carbocycles. The van der Waals surface area contributed by atoms with Gasteiger partial charge in [-0.15, -0.1) is 6.58 Å². The summed E-state index contributed by atoms with van der Waals surface area (Å²) in [7, 11) is 0. The van der Waals surface area contributed by atoms with Gasteiger partial charge in [0.2, 0.25) is 0 Å². The Bertz CT molecular complexity index is 33.3. The summed E-state index contributed by atoms with van der Waals surface area (Å²) in [6.07, 6.45) is 7.29. The fourth-order valence-electron chi connectivity index (χ4n) is 0.500.